The lowest BCUT2D eigenvalue weighted by atomic mass is 9.75. The fourth-order valence-corrected chi connectivity index (χ4v) is 6.77. The van der Waals surface area contributed by atoms with Gasteiger partial charge in [-0.25, -0.2) is 8.42 Å². The average molecular weight is 380 g/mol. The summed E-state index contributed by atoms with van der Waals surface area (Å²) < 4.78 is 28.2. The van der Waals surface area contributed by atoms with Gasteiger partial charge < -0.3 is 9.88 Å². The lowest BCUT2D eigenvalue weighted by Crippen LogP contribution is -2.50. The fraction of sp³-hybridized carbons (Fsp3) is 0.737. The van der Waals surface area contributed by atoms with Gasteiger partial charge in [-0.15, -0.1) is 0 Å². The Labute approximate surface area is 156 Å². The lowest BCUT2D eigenvalue weighted by molar-refractivity contribution is 0.0787. The number of hydrogen-bond acceptors (Lipinski definition) is 3. The molecule has 1 amide bonds. The summed E-state index contributed by atoms with van der Waals surface area (Å²) in [4.78, 5) is 17.5. The summed E-state index contributed by atoms with van der Waals surface area (Å²) in [6.07, 6.45) is 8.77. The number of piperidine rings is 1. The maximum absolute atomic E-state index is 13.3. The molecular weight excluding hydrogens is 350 g/mol. The second-order valence-corrected chi connectivity index (χ2v) is 10.1. The van der Waals surface area contributed by atoms with Gasteiger partial charge in [-0.1, -0.05) is 6.92 Å². The summed E-state index contributed by atoms with van der Waals surface area (Å²) in [5.74, 6) is 1.08. The summed E-state index contributed by atoms with van der Waals surface area (Å²) in [6.45, 7) is 4.38. The van der Waals surface area contributed by atoms with E-state index in [2.05, 4.69) is 11.9 Å². The number of aromatic amines is 1. The Hall–Kier alpha value is -1.34. The van der Waals surface area contributed by atoms with E-state index in [0.29, 0.717) is 24.1 Å². The second-order valence-electron chi connectivity index (χ2n) is 8.25. The first-order valence-corrected chi connectivity index (χ1v) is 11.4. The van der Waals surface area contributed by atoms with E-state index in [1.807, 2.05) is 0 Å². The van der Waals surface area contributed by atoms with Gasteiger partial charge in [0.15, 0.2) is 0 Å². The summed E-state index contributed by atoms with van der Waals surface area (Å²) in [7, 11) is -3.55. The summed E-state index contributed by atoms with van der Waals surface area (Å²) in [5, 5.41) is 0. The van der Waals surface area contributed by atoms with E-state index in [-0.39, 0.29) is 16.8 Å². The Morgan fingerprint density at radius 1 is 1.12 bits per heavy atom. The normalized spacial score (nSPS) is 30.3. The molecule has 0 radical (unpaired) electrons. The Balaban J connectivity index is 1.55. The van der Waals surface area contributed by atoms with Gasteiger partial charge in [0.1, 0.15) is 10.6 Å². The first-order valence-electron chi connectivity index (χ1n) is 9.96. The van der Waals surface area contributed by atoms with Crippen LogP contribution >= 0.6 is 0 Å². The molecule has 3 aliphatic rings. The number of aromatic nitrogens is 1. The quantitative estimate of drug-likeness (QED) is 0.878. The van der Waals surface area contributed by atoms with Crippen molar-refractivity contribution in [2.75, 3.05) is 19.6 Å². The van der Waals surface area contributed by atoms with Gasteiger partial charge in [-0.2, -0.15) is 4.31 Å². The number of H-pyrrole nitrogens is 1. The van der Waals surface area contributed by atoms with Crippen LogP contribution in [0.3, 0.4) is 0 Å². The van der Waals surface area contributed by atoms with Crippen LogP contribution in [0.1, 0.15) is 62.4 Å². The van der Waals surface area contributed by atoms with E-state index < -0.39 is 10.0 Å². The van der Waals surface area contributed by atoms with Crippen molar-refractivity contribution < 1.29 is 13.2 Å². The number of likely N-dealkylation sites (tertiary alicyclic amines) is 1. The minimum atomic E-state index is -3.55. The minimum absolute atomic E-state index is 0.0908. The number of sulfonamides is 1. The highest BCUT2D eigenvalue weighted by atomic mass is 32.2. The molecule has 1 aromatic heterocycles. The number of nitrogens with one attached hydrogen (secondary N) is 1. The predicted octanol–water partition coefficient (Wildman–Crippen LogP) is 2.84. The molecule has 1 aromatic rings. The number of rotatable bonds is 3. The van der Waals surface area contributed by atoms with Crippen molar-refractivity contribution in [2.24, 2.45) is 11.8 Å². The van der Waals surface area contributed by atoms with Gasteiger partial charge in [0.05, 0.1) is 0 Å². The molecule has 3 atom stereocenters. The maximum Gasteiger partial charge on any atom is 0.270 e. The Morgan fingerprint density at radius 3 is 2.65 bits per heavy atom. The third kappa shape index (κ3) is 3.20. The van der Waals surface area contributed by atoms with Crippen molar-refractivity contribution in [1.82, 2.24) is 14.2 Å². The van der Waals surface area contributed by atoms with Gasteiger partial charge in [-0.05, 0) is 62.8 Å². The van der Waals surface area contributed by atoms with Crippen molar-refractivity contribution in [1.29, 1.82) is 0 Å². The highest BCUT2D eigenvalue weighted by Crippen LogP contribution is 2.40. The van der Waals surface area contributed by atoms with E-state index in [9.17, 15) is 13.2 Å². The molecule has 6 nitrogen and oxygen atoms in total. The van der Waals surface area contributed by atoms with E-state index >= 15 is 0 Å². The van der Waals surface area contributed by atoms with Crippen molar-refractivity contribution in [3.05, 3.63) is 18.0 Å². The molecule has 2 aliphatic heterocycles. The zero-order valence-corrected chi connectivity index (χ0v) is 16.3. The first-order chi connectivity index (χ1) is 12.5. The minimum Gasteiger partial charge on any atom is -0.356 e. The maximum atomic E-state index is 13.3. The SMILES string of the molecule is C[C@@H]1CC[C@H]2[C@H](CCCN2S(=O)(=O)c2c[nH]c(C(=O)N3CCCC3)c2)C1. The van der Waals surface area contributed by atoms with Crippen LogP contribution in [0.25, 0.3) is 0 Å². The van der Waals surface area contributed by atoms with Gasteiger partial charge >= 0.3 is 0 Å². The highest BCUT2D eigenvalue weighted by molar-refractivity contribution is 7.89. The summed E-state index contributed by atoms with van der Waals surface area (Å²) in [5.41, 5.74) is 0.385. The zero-order chi connectivity index (χ0) is 18.3. The first kappa shape index (κ1) is 18.0. The molecular formula is C19H29N3O3S. The zero-order valence-electron chi connectivity index (χ0n) is 15.5. The van der Waals surface area contributed by atoms with Crippen LogP contribution in [0.5, 0.6) is 0 Å². The molecule has 3 fully saturated rings. The van der Waals surface area contributed by atoms with Crippen LogP contribution in [-0.4, -0.2) is 54.2 Å². The molecule has 0 bridgehead atoms. The second kappa shape index (κ2) is 7.00. The van der Waals surface area contributed by atoms with Crippen LogP contribution in [0, 0.1) is 11.8 Å². The van der Waals surface area contributed by atoms with E-state index in [4.69, 9.17) is 0 Å². The van der Waals surface area contributed by atoms with Gasteiger partial charge in [0, 0.05) is 31.9 Å². The number of amides is 1. The molecule has 2 saturated heterocycles. The smallest absolute Gasteiger partial charge is 0.270 e. The van der Waals surface area contributed by atoms with Gasteiger partial charge in [0.2, 0.25) is 10.0 Å². The molecule has 4 rings (SSSR count). The van der Waals surface area contributed by atoms with E-state index in [1.165, 1.54) is 12.3 Å². The van der Waals surface area contributed by atoms with E-state index in [0.717, 1.165) is 58.0 Å². The molecule has 144 valence electrons. The Kier molecular flexibility index (Phi) is 4.86. The highest BCUT2D eigenvalue weighted by Gasteiger charge is 2.41. The van der Waals surface area contributed by atoms with Crippen LogP contribution in [0.2, 0.25) is 0 Å². The lowest BCUT2D eigenvalue weighted by Gasteiger charge is -2.44. The standard InChI is InChI=1S/C19H29N3O3S/c1-14-6-7-18-15(11-14)5-4-10-22(18)26(24,25)16-12-17(20-13-16)19(23)21-8-2-3-9-21/h12-15,18,20H,2-11H2,1H3/t14-,15-,18+/m1/s1. The molecule has 1 N–H and O–H groups in total. The number of fused-ring (bicyclic) bond motifs is 1. The molecule has 7 heteroatoms. The fourth-order valence-electron chi connectivity index (χ4n) is 5.02. The number of carbonyl (C=O) groups is 1. The molecule has 1 saturated carbocycles. The van der Waals surface area contributed by atoms with Crippen LogP contribution in [-0.2, 0) is 10.0 Å². The van der Waals surface area contributed by atoms with Crippen molar-refractivity contribution in [3.63, 3.8) is 0 Å². The molecule has 0 spiro atoms. The third-order valence-electron chi connectivity index (χ3n) is 6.41. The van der Waals surface area contributed by atoms with E-state index in [1.54, 1.807) is 9.21 Å². The molecule has 0 unspecified atom stereocenters. The molecule has 0 aromatic carbocycles. The monoisotopic (exact) mass is 379 g/mol. The van der Waals surface area contributed by atoms with Crippen molar-refractivity contribution >= 4 is 15.9 Å². The largest absolute Gasteiger partial charge is 0.356 e. The average Bonchev–Trinajstić information content (AvgIpc) is 3.32. The summed E-state index contributed by atoms with van der Waals surface area (Å²) >= 11 is 0. The summed E-state index contributed by atoms with van der Waals surface area (Å²) in [6, 6.07) is 1.66. The Bertz CT molecular complexity index is 767. The molecule has 26 heavy (non-hydrogen) atoms. The van der Waals surface area contributed by atoms with Crippen LogP contribution in [0.15, 0.2) is 17.2 Å². The van der Waals surface area contributed by atoms with Gasteiger partial charge in [0.25, 0.3) is 5.91 Å². The number of carbonyl (C=O) groups excluding carboxylic acids is 1. The van der Waals surface area contributed by atoms with Crippen LogP contribution in [0.4, 0.5) is 0 Å². The van der Waals surface area contributed by atoms with Crippen molar-refractivity contribution in [3.8, 4) is 0 Å². The third-order valence-corrected chi connectivity index (χ3v) is 8.32. The predicted molar refractivity (Wildman–Crippen MR) is 99.3 cm³/mol. The van der Waals surface area contributed by atoms with Gasteiger partial charge in [-0.3, -0.25) is 4.79 Å². The number of hydrogen-bond donors (Lipinski definition) is 1. The van der Waals surface area contributed by atoms with Crippen molar-refractivity contribution in [2.45, 2.75) is 62.8 Å². The Morgan fingerprint density at radius 2 is 1.88 bits per heavy atom. The molecule has 3 heterocycles. The topological polar surface area (TPSA) is 73.5 Å². The molecule has 1 aliphatic carbocycles. The van der Waals surface area contributed by atoms with Crippen LogP contribution < -0.4 is 0 Å². The number of nitrogens with zero attached hydrogens (tertiary/aromatic N) is 2.